The summed E-state index contributed by atoms with van der Waals surface area (Å²) in [6, 6.07) is 0. The molecule has 122 valence electrons. The first kappa shape index (κ1) is 19.6. The van der Waals surface area contributed by atoms with Crippen LogP contribution in [0, 0.1) is 5.92 Å². The van der Waals surface area contributed by atoms with Gasteiger partial charge in [0.25, 0.3) is 6.47 Å². The smallest absolute Gasteiger partial charge is 0.290 e. The Morgan fingerprint density at radius 3 is 2.81 bits per heavy atom. The third-order valence-corrected chi connectivity index (χ3v) is 2.86. The van der Waals surface area contributed by atoms with Gasteiger partial charge in [0.1, 0.15) is 0 Å². The Morgan fingerprint density at radius 2 is 2.24 bits per heavy atom. The lowest BCUT2D eigenvalue weighted by atomic mass is 10.1. The van der Waals surface area contributed by atoms with Crippen LogP contribution in [0.5, 0.6) is 0 Å². The van der Waals surface area contributed by atoms with E-state index in [4.69, 9.17) is 14.6 Å². The van der Waals surface area contributed by atoms with Gasteiger partial charge < -0.3 is 20.1 Å². The van der Waals surface area contributed by atoms with Crippen LogP contribution in [0.3, 0.4) is 0 Å². The van der Waals surface area contributed by atoms with E-state index in [0.29, 0.717) is 25.6 Å². The lowest BCUT2D eigenvalue weighted by Gasteiger charge is -2.24. The third kappa shape index (κ3) is 10.9. The molecule has 1 unspecified atom stereocenters. The fraction of sp³-hybridized carbons (Fsp3) is 0.714. The number of rotatable bonds is 6. The van der Waals surface area contributed by atoms with Crippen LogP contribution in [0.1, 0.15) is 0 Å². The fourth-order valence-corrected chi connectivity index (χ4v) is 2.17. The van der Waals surface area contributed by atoms with E-state index in [1.165, 1.54) is 0 Å². The molecule has 0 radical (unpaired) electrons. The van der Waals surface area contributed by atoms with Gasteiger partial charge in [-0.1, -0.05) is 6.08 Å². The van der Waals surface area contributed by atoms with E-state index in [2.05, 4.69) is 35.8 Å². The van der Waals surface area contributed by atoms with E-state index in [0.717, 1.165) is 26.2 Å². The first-order chi connectivity index (χ1) is 10.0. The first-order valence-corrected chi connectivity index (χ1v) is 6.93. The molecule has 0 aromatic rings. The second-order valence-electron chi connectivity index (χ2n) is 5.14. The maximum absolute atomic E-state index is 11.7. The average molecular weight is 301 g/mol. The summed E-state index contributed by atoms with van der Waals surface area (Å²) in [6.07, 6.45) is 1.69. The molecule has 1 saturated heterocycles. The van der Waals surface area contributed by atoms with Crippen molar-refractivity contribution in [2.24, 2.45) is 5.92 Å². The van der Waals surface area contributed by atoms with E-state index in [1.54, 1.807) is 6.08 Å². The van der Waals surface area contributed by atoms with Crippen molar-refractivity contribution in [2.45, 2.75) is 0 Å². The highest BCUT2D eigenvalue weighted by Gasteiger charge is 2.20. The molecule has 1 aliphatic rings. The van der Waals surface area contributed by atoms with Gasteiger partial charge in [0.05, 0.1) is 19.8 Å². The number of nitrogens with zero attached hydrogens (tertiary/aromatic N) is 2. The molecule has 1 aliphatic heterocycles. The molecule has 1 amide bonds. The normalized spacial score (nSPS) is 19.1. The molecule has 0 bridgehead atoms. The standard InChI is InChI=1S/C13H25N3O2.CH2O2/c1-4-5-14-13(17)10-16-6-7-18-11-12(9-16)8-15(2)3;2-1-3/h4,12H,1,5-11H2,2-3H3,(H,14,17);1H,(H,2,3). The van der Waals surface area contributed by atoms with E-state index < -0.39 is 0 Å². The monoisotopic (exact) mass is 301 g/mol. The van der Waals surface area contributed by atoms with Crippen LogP contribution in [-0.2, 0) is 14.3 Å². The van der Waals surface area contributed by atoms with Gasteiger partial charge in [-0.15, -0.1) is 6.58 Å². The molecular weight excluding hydrogens is 274 g/mol. The van der Waals surface area contributed by atoms with Crippen LogP contribution in [0.15, 0.2) is 12.7 Å². The molecule has 1 atom stereocenters. The molecule has 0 aromatic heterocycles. The number of carbonyl (C=O) groups excluding carboxylic acids is 1. The quantitative estimate of drug-likeness (QED) is 0.508. The van der Waals surface area contributed by atoms with Gasteiger partial charge in [0.15, 0.2) is 0 Å². The van der Waals surface area contributed by atoms with Crippen LogP contribution in [0.4, 0.5) is 0 Å². The maximum Gasteiger partial charge on any atom is 0.290 e. The van der Waals surface area contributed by atoms with Gasteiger partial charge in [-0.25, -0.2) is 0 Å². The molecular formula is C14H27N3O4. The number of hydrogen-bond acceptors (Lipinski definition) is 5. The maximum atomic E-state index is 11.7. The lowest BCUT2D eigenvalue weighted by Crippen LogP contribution is -2.41. The van der Waals surface area contributed by atoms with Crippen LogP contribution in [0.2, 0.25) is 0 Å². The topological polar surface area (TPSA) is 82.1 Å². The van der Waals surface area contributed by atoms with E-state index in [9.17, 15) is 4.79 Å². The second-order valence-corrected chi connectivity index (χ2v) is 5.14. The minimum Gasteiger partial charge on any atom is -0.483 e. The van der Waals surface area contributed by atoms with Gasteiger partial charge in [0, 0.05) is 32.1 Å². The zero-order valence-electron chi connectivity index (χ0n) is 13.0. The number of nitrogens with one attached hydrogen (secondary N) is 1. The van der Waals surface area contributed by atoms with Crippen molar-refractivity contribution in [2.75, 3.05) is 60.0 Å². The summed E-state index contributed by atoms with van der Waals surface area (Å²) in [4.78, 5) is 24.3. The predicted octanol–water partition coefficient (Wildman–Crippen LogP) is -0.501. The molecule has 0 spiro atoms. The summed E-state index contributed by atoms with van der Waals surface area (Å²) in [7, 11) is 4.12. The summed E-state index contributed by atoms with van der Waals surface area (Å²) in [6.45, 7) is 8.53. The third-order valence-electron chi connectivity index (χ3n) is 2.86. The van der Waals surface area contributed by atoms with Gasteiger partial charge in [-0.3, -0.25) is 14.5 Å². The van der Waals surface area contributed by atoms with Gasteiger partial charge >= 0.3 is 0 Å². The molecule has 0 saturated carbocycles. The summed E-state index contributed by atoms with van der Waals surface area (Å²) in [5.41, 5.74) is 0. The lowest BCUT2D eigenvalue weighted by molar-refractivity contribution is -0.123. The van der Waals surface area contributed by atoms with Crippen LogP contribution in [-0.4, -0.2) is 87.3 Å². The zero-order valence-corrected chi connectivity index (χ0v) is 13.0. The van der Waals surface area contributed by atoms with Crippen molar-refractivity contribution >= 4 is 12.4 Å². The van der Waals surface area contributed by atoms with E-state index in [1.807, 2.05) is 0 Å². The molecule has 7 nitrogen and oxygen atoms in total. The Labute approximate surface area is 126 Å². The predicted molar refractivity (Wildman–Crippen MR) is 81.2 cm³/mol. The average Bonchev–Trinajstić information content (AvgIpc) is 2.61. The number of carbonyl (C=O) groups is 2. The number of carboxylic acid groups (broad SMARTS) is 1. The highest BCUT2D eigenvalue weighted by atomic mass is 16.5. The van der Waals surface area contributed by atoms with Crippen LogP contribution in [0.25, 0.3) is 0 Å². The molecule has 0 aromatic carbocycles. The first-order valence-electron chi connectivity index (χ1n) is 6.93. The summed E-state index contributed by atoms with van der Waals surface area (Å²) >= 11 is 0. The van der Waals surface area contributed by atoms with Crippen molar-refractivity contribution < 1.29 is 19.4 Å². The van der Waals surface area contributed by atoms with Crippen LogP contribution < -0.4 is 5.32 Å². The molecule has 0 aliphatic carbocycles. The zero-order chi connectivity index (χ0) is 16.1. The van der Waals surface area contributed by atoms with Crippen molar-refractivity contribution in [1.29, 1.82) is 0 Å². The highest BCUT2D eigenvalue weighted by Crippen LogP contribution is 2.07. The fourth-order valence-electron chi connectivity index (χ4n) is 2.17. The molecule has 1 rings (SSSR count). The SMILES string of the molecule is C=CCNC(=O)CN1CCOCC(CN(C)C)C1.O=CO. The molecule has 21 heavy (non-hydrogen) atoms. The van der Waals surface area contributed by atoms with Gasteiger partial charge in [0.2, 0.25) is 5.91 Å². The Hall–Kier alpha value is -1.44. The van der Waals surface area contributed by atoms with Crippen LogP contribution >= 0.6 is 0 Å². The van der Waals surface area contributed by atoms with Crippen molar-refractivity contribution in [1.82, 2.24) is 15.1 Å². The van der Waals surface area contributed by atoms with Crippen molar-refractivity contribution in [3.8, 4) is 0 Å². The molecule has 2 N–H and O–H groups in total. The minimum absolute atomic E-state index is 0.0559. The minimum atomic E-state index is -0.250. The molecule has 7 heteroatoms. The Morgan fingerprint density at radius 1 is 1.57 bits per heavy atom. The van der Waals surface area contributed by atoms with E-state index >= 15 is 0 Å². The Bertz CT molecular complexity index is 311. The van der Waals surface area contributed by atoms with Crippen molar-refractivity contribution in [3.05, 3.63) is 12.7 Å². The number of hydrogen-bond donors (Lipinski definition) is 2. The molecule has 1 heterocycles. The van der Waals surface area contributed by atoms with E-state index in [-0.39, 0.29) is 12.4 Å². The largest absolute Gasteiger partial charge is 0.483 e. The highest BCUT2D eigenvalue weighted by molar-refractivity contribution is 5.78. The Balaban J connectivity index is 0.00000122. The number of ether oxygens (including phenoxy) is 1. The second kappa shape index (κ2) is 12.3. The number of amides is 1. The van der Waals surface area contributed by atoms with Gasteiger partial charge in [-0.2, -0.15) is 0 Å². The summed E-state index contributed by atoms with van der Waals surface area (Å²) < 4.78 is 5.58. The Kier molecular flexibility index (Phi) is 11.5. The summed E-state index contributed by atoms with van der Waals surface area (Å²) in [5, 5.41) is 9.69. The summed E-state index contributed by atoms with van der Waals surface area (Å²) in [5.74, 6) is 0.523. The van der Waals surface area contributed by atoms with Crippen molar-refractivity contribution in [3.63, 3.8) is 0 Å². The molecule has 1 fully saturated rings. The van der Waals surface area contributed by atoms with Gasteiger partial charge in [-0.05, 0) is 14.1 Å².